The van der Waals surface area contributed by atoms with Gasteiger partial charge < -0.3 is 9.64 Å². The van der Waals surface area contributed by atoms with Gasteiger partial charge in [-0.15, -0.1) is 0 Å². The van der Waals surface area contributed by atoms with E-state index >= 15 is 0 Å². The van der Waals surface area contributed by atoms with E-state index in [2.05, 4.69) is 16.6 Å². The number of hydrogen-bond donors (Lipinski definition) is 0. The molecule has 0 saturated carbocycles. The summed E-state index contributed by atoms with van der Waals surface area (Å²) in [5.74, 6) is -0.470. The summed E-state index contributed by atoms with van der Waals surface area (Å²) in [5.41, 5.74) is 2.01. The largest absolute Gasteiger partial charge is 0.465 e. The molecule has 1 unspecified atom stereocenters. The van der Waals surface area contributed by atoms with Crippen molar-refractivity contribution in [1.82, 2.24) is 9.88 Å². The molecule has 0 saturated heterocycles. The first-order chi connectivity index (χ1) is 11.6. The topological polar surface area (TPSA) is 59.5 Å². The van der Waals surface area contributed by atoms with Crippen LogP contribution in [0.5, 0.6) is 0 Å². The van der Waals surface area contributed by atoms with Crippen molar-refractivity contribution in [1.29, 1.82) is 0 Å². The minimum absolute atomic E-state index is 0.0578. The molecule has 126 valence electrons. The third-order valence-electron chi connectivity index (χ3n) is 4.04. The smallest absolute Gasteiger partial charge is 0.337 e. The molecule has 0 fully saturated rings. The second-order valence-electron chi connectivity index (χ2n) is 5.61. The molecular formula is C19H22N2O3. The summed E-state index contributed by atoms with van der Waals surface area (Å²) in [5, 5.41) is 0. The van der Waals surface area contributed by atoms with E-state index < -0.39 is 5.97 Å². The van der Waals surface area contributed by atoms with E-state index in [1.165, 1.54) is 7.11 Å². The predicted molar refractivity (Wildman–Crippen MR) is 91.6 cm³/mol. The first kappa shape index (κ1) is 17.7. The molecule has 1 heterocycles. The number of carbonyl (C=O) groups is 2. The molecule has 2 aromatic rings. The maximum Gasteiger partial charge on any atom is 0.337 e. The molecule has 0 aliphatic rings. The van der Waals surface area contributed by atoms with Gasteiger partial charge in [-0.2, -0.15) is 0 Å². The Kier molecular flexibility index (Phi) is 6.07. The van der Waals surface area contributed by atoms with E-state index in [0.717, 1.165) is 12.0 Å². The zero-order valence-corrected chi connectivity index (χ0v) is 14.2. The van der Waals surface area contributed by atoms with Crippen LogP contribution >= 0.6 is 0 Å². The van der Waals surface area contributed by atoms with Crippen molar-refractivity contribution in [3.63, 3.8) is 0 Å². The van der Waals surface area contributed by atoms with Crippen molar-refractivity contribution in [3.05, 3.63) is 65.5 Å². The van der Waals surface area contributed by atoms with E-state index in [1.54, 1.807) is 36.7 Å². The lowest BCUT2D eigenvalue weighted by Gasteiger charge is -2.29. The molecule has 0 aliphatic carbocycles. The van der Waals surface area contributed by atoms with Crippen LogP contribution in [0.4, 0.5) is 0 Å². The Morgan fingerprint density at radius 2 is 1.67 bits per heavy atom. The van der Waals surface area contributed by atoms with Crippen LogP contribution in [0.2, 0.25) is 0 Å². The molecule has 0 radical (unpaired) electrons. The zero-order chi connectivity index (χ0) is 17.5. The number of methoxy groups -OCH3 is 1. The summed E-state index contributed by atoms with van der Waals surface area (Å²) >= 11 is 0. The van der Waals surface area contributed by atoms with Gasteiger partial charge in [-0.05, 0) is 55.3 Å². The Hall–Kier alpha value is -2.69. The number of benzene rings is 1. The van der Waals surface area contributed by atoms with Gasteiger partial charge in [-0.25, -0.2) is 4.79 Å². The number of amides is 1. The quantitative estimate of drug-likeness (QED) is 0.764. The lowest BCUT2D eigenvalue weighted by atomic mass is 10.1. The van der Waals surface area contributed by atoms with Crippen molar-refractivity contribution < 1.29 is 14.3 Å². The van der Waals surface area contributed by atoms with Gasteiger partial charge in [0, 0.05) is 30.5 Å². The summed E-state index contributed by atoms with van der Waals surface area (Å²) in [6, 6.07) is 10.5. The van der Waals surface area contributed by atoms with E-state index in [9.17, 15) is 9.59 Å². The highest BCUT2D eigenvalue weighted by Crippen LogP contribution is 2.16. The number of aromatic nitrogens is 1. The number of rotatable bonds is 6. The Morgan fingerprint density at radius 1 is 1.08 bits per heavy atom. The molecule has 0 aliphatic heterocycles. The van der Waals surface area contributed by atoms with Crippen molar-refractivity contribution in [2.75, 3.05) is 7.11 Å². The number of pyridine rings is 1. The van der Waals surface area contributed by atoms with Crippen LogP contribution in [-0.2, 0) is 11.3 Å². The number of ether oxygens (including phenoxy) is 1. The summed E-state index contributed by atoms with van der Waals surface area (Å²) in [6.45, 7) is 4.61. The van der Waals surface area contributed by atoms with E-state index in [4.69, 9.17) is 0 Å². The minimum atomic E-state index is -0.412. The second kappa shape index (κ2) is 8.24. The Balaban J connectivity index is 2.22. The summed E-state index contributed by atoms with van der Waals surface area (Å²) in [4.78, 5) is 30.2. The molecule has 5 heteroatoms. The van der Waals surface area contributed by atoms with Crippen molar-refractivity contribution in [2.45, 2.75) is 32.9 Å². The summed E-state index contributed by atoms with van der Waals surface area (Å²) < 4.78 is 4.68. The molecule has 0 bridgehead atoms. The molecule has 0 N–H and O–H groups in total. The average Bonchev–Trinajstić information content (AvgIpc) is 2.65. The fraction of sp³-hybridized carbons (Fsp3) is 0.316. The second-order valence-corrected chi connectivity index (χ2v) is 5.61. The highest BCUT2D eigenvalue weighted by molar-refractivity contribution is 5.96. The summed E-state index contributed by atoms with van der Waals surface area (Å²) in [6.07, 6.45) is 4.30. The molecule has 2 rings (SSSR count). The van der Waals surface area contributed by atoms with E-state index in [-0.39, 0.29) is 11.9 Å². The number of carbonyl (C=O) groups excluding carboxylic acids is 2. The monoisotopic (exact) mass is 326 g/mol. The van der Waals surface area contributed by atoms with Crippen LogP contribution in [-0.4, -0.2) is 34.9 Å². The predicted octanol–water partition coefficient (Wildman–Crippen LogP) is 3.31. The highest BCUT2D eigenvalue weighted by Gasteiger charge is 2.21. The molecule has 5 nitrogen and oxygen atoms in total. The molecule has 1 amide bonds. The maximum atomic E-state index is 12.9. The number of esters is 1. The van der Waals surface area contributed by atoms with E-state index in [1.807, 2.05) is 24.0 Å². The molecule has 0 spiro atoms. The van der Waals surface area contributed by atoms with Crippen molar-refractivity contribution in [2.24, 2.45) is 0 Å². The van der Waals surface area contributed by atoms with Gasteiger partial charge in [0.15, 0.2) is 0 Å². The lowest BCUT2D eigenvalue weighted by molar-refractivity contribution is 0.0598. The fourth-order valence-electron chi connectivity index (χ4n) is 2.37. The standard InChI is InChI=1S/C19H22N2O3/c1-4-14(2)21(13-15-9-11-20-12-10-15)18(22)16-5-7-17(8-6-16)19(23)24-3/h5-12,14H,4,13H2,1-3H3. The Labute approximate surface area is 142 Å². The average molecular weight is 326 g/mol. The van der Waals surface area contributed by atoms with Gasteiger partial charge in [0.2, 0.25) is 0 Å². The van der Waals surface area contributed by atoms with Crippen LogP contribution in [0.15, 0.2) is 48.8 Å². The molecule has 1 aromatic carbocycles. The minimum Gasteiger partial charge on any atom is -0.465 e. The van der Waals surface area contributed by atoms with Crippen LogP contribution in [0.1, 0.15) is 46.5 Å². The van der Waals surface area contributed by atoms with Gasteiger partial charge in [0.05, 0.1) is 12.7 Å². The van der Waals surface area contributed by atoms with Gasteiger partial charge in [-0.3, -0.25) is 9.78 Å². The molecular weight excluding hydrogens is 304 g/mol. The van der Waals surface area contributed by atoms with Crippen LogP contribution in [0.3, 0.4) is 0 Å². The van der Waals surface area contributed by atoms with Gasteiger partial charge in [-0.1, -0.05) is 6.92 Å². The maximum absolute atomic E-state index is 12.9. The van der Waals surface area contributed by atoms with Gasteiger partial charge in [0.1, 0.15) is 0 Å². The first-order valence-corrected chi connectivity index (χ1v) is 7.95. The van der Waals surface area contributed by atoms with Crippen molar-refractivity contribution >= 4 is 11.9 Å². The Bertz CT molecular complexity index is 684. The van der Waals surface area contributed by atoms with Crippen LogP contribution in [0.25, 0.3) is 0 Å². The molecule has 24 heavy (non-hydrogen) atoms. The van der Waals surface area contributed by atoms with E-state index in [0.29, 0.717) is 17.7 Å². The van der Waals surface area contributed by atoms with Crippen LogP contribution < -0.4 is 0 Å². The third kappa shape index (κ3) is 4.19. The summed E-state index contributed by atoms with van der Waals surface area (Å²) in [7, 11) is 1.33. The third-order valence-corrected chi connectivity index (χ3v) is 4.04. The first-order valence-electron chi connectivity index (χ1n) is 7.95. The fourth-order valence-corrected chi connectivity index (χ4v) is 2.37. The number of nitrogens with zero attached hydrogens (tertiary/aromatic N) is 2. The molecule has 1 aromatic heterocycles. The highest BCUT2D eigenvalue weighted by atomic mass is 16.5. The lowest BCUT2D eigenvalue weighted by Crippen LogP contribution is -2.37. The SMILES string of the molecule is CCC(C)N(Cc1ccncc1)C(=O)c1ccc(C(=O)OC)cc1. The Morgan fingerprint density at radius 3 is 2.21 bits per heavy atom. The normalized spacial score (nSPS) is 11.6. The van der Waals surface area contributed by atoms with Crippen molar-refractivity contribution in [3.8, 4) is 0 Å². The molecule has 1 atom stereocenters. The van der Waals surface area contributed by atoms with Crippen LogP contribution in [0, 0.1) is 0 Å². The van der Waals surface area contributed by atoms with Gasteiger partial charge >= 0.3 is 5.97 Å². The number of hydrogen-bond acceptors (Lipinski definition) is 4. The zero-order valence-electron chi connectivity index (χ0n) is 14.2. The van der Waals surface area contributed by atoms with Gasteiger partial charge in [0.25, 0.3) is 5.91 Å².